The first-order chi connectivity index (χ1) is 9.88. The number of benzene rings is 1. The number of halogens is 1. The average Bonchev–Trinajstić information content (AvgIpc) is 2.45. The first-order valence-corrected chi connectivity index (χ1v) is 7.86. The van der Waals surface area contributed by atoms with Gasteiger partial charge in [0.25, 0.3) is 0 Å². The maximum Gasteiger partial charge on any atom is 1.00 e. The van der Waals surface area contributed by atoms with Gasteiger partial charge in [-0.2, -0.15) is 0 Å². The van der Waals surface area contributed by atoms with Crippen LogP contribution in [0.1, 0.15) is 27.6 Å². The number of hydrogen-bond acceptors (Lipinski definition) is 5. The second-order valence-electron chi connectivity index (χ2n) is 4.40. The molecule has 0 amide bonds. The molecular formula is C14H11ClNNaO4S. The van der Waals surface area contributed by atoms with Crippen LogP contribution in [-0.4, -0.2) is 23.7 Å². The molecule has 110 valence electrons. The van der Waals surface area contributed by atoms with E-state index in [9.17, 15) is 17.8 Å². The van der Waals surface area contributed by atoms with Crippen molar-refractivity contribution < 1.29 is 47.3 Å². The summed E-state index contributed by atoms with van der Waals surface area (Å²) < 4.78 is 34.2. The van der Waals surface area contributed by atoms with Crippen LogP contribution in [0.2, 0.25) is 5.02 Å². The van der Waals surface area contributed by atoms with Crippen molar-refractivity contribution >= 4 is 27.5 Å². The van der Waals surface area contributed by atoms with Crippen molar-refractivity contribution in [1.82, 2.24) is 4.98 Å². The molecule has 1 aromatic heterocycles. The maximum absolute atomic E-state index is 12.1. The molecule has 2 rings (SSSR count). The number of carbonyl (C=O) groups is 1. The van der Waals surface area contributed by atoms with Gasteiger partial charge in [0.2, 0.25) is 0 Å². The Morgan fingerprint density at radius 1 is 1.14 bits per heavy atom. The van der Waals surface area contributed by atoms with E-state index in [2.05, 4.69) is 4.98 Å². The van der Waals surface area contributed by atoms with E-state index in [1.165, 1.54) is 48.8 Å². The van der Waals surface area contributed by atoms with E-state index in [4.69, 9.17) is 11.6 Å². The zero-order valence-corrected chi connectivity index (χ0v) is 15.3. The van der Waals surface area contributed by atoms with E-state index < -0.39 is 27.6 Å². The number of ketones is 1. The van der Waals surface area contributed by atoms with Crippen LogP contribution >= 0.6 is 11.6 Å². The third kappa shape index (κ3) is 5.15. The molecule has 1 heterocycles. The van der Waals surface area contributed by atoms with Gasteiger partial charge < -0.3 is 4.55 Å². The summed E-state index contributed by atoms with van der Waals surface area (Å²) in [5.41, 5.74) is 0.560. The minimum Gasteiger partial charge on any atom is -0.747 e. The van der Waals surface area contributed by atoms with Gasteiger partial charge in [-0.05, 0) is 42.0 Å². The van der Waals surface area contributed by atoms with Crippen molar-refractivity contribution in [2.75, 3.05) is 0 Å². The number of nitrogens with zero attached hydrogens (tertiary/aromatic N) is 1. The van der Waals surface area contributed by atoms with Crippen molar-refractivity contribution in [3.05, 3.63) is 64.9 Å². The summed E-state index contributed by atoms with van der Waals surface area (Å²) in [6.45, 7) is 0. The van der Waals surface area contributed by atoms with Gasteiger partial charge >= 0.3 is 29.6 Å². The molecule has 22 heavy (non-hydrogen) atoms. The largest absolute Gasteiger partial charge is 1.00 e. The Morgan fingerprint density at radius 2 is 1.68 bits per heavy atom. The number of pyridine rings is 1. The molecule has 8 heteroatoms. The summed E-state index contributed by atoms with van der Waals surface area (Å²) in [6, 6.07) is 8.87. The molecule has 0 saturated heterocycles. The van der Waals surface area contributed by atoms with E-state index in [0.29, 0.717) is 10.6 Å². The second kappa shape index (κ2) is 8.19. The number of aromatic nitrogens is 1. The van der Waals surface area contributed by atoms with E-state index in [1.54, 1.807) is 0 Å². The molecule has 2 aromatic rings. The molecule has 1 atom stereocenters. The van der Waals surface area contributed by atoms with Gasteiger partial charge in [0.15, 0.2) is 5.78 Å². The van der Waals surface area contributed by atoms with Gasteiger partial charge in [-0.25, -0.2) is 8.42 Å². The number of Topliss-reactive ketones (excluding diaryl/α,β-unsaturated/α-hetero) is 1. The van der Waals surface area contributed by atoms with E-state index in [0.717, 1.165) is 0 Å². The third-order valence-corrected chi connectivity index (χ3v) is 4.35. The molecular weight excluding hydrogens is 337 g/mol. The monoisotopic (exact) mass is 347 g/mol. The Kier molecular flexibility index (Phi) is 7.18. The van der Waals surface area contributed by atoms with Gasteiger partial charge in [0.1, 0.15) is 10.1 Å². The van der Waals surface area contributed by atoms with Crippen molar-refractivity contribution in [3.8, 4) is 0 Å². The average molecular weight is 348 g/mol. The first kappa shape index (κ1) is 19.3. The van der Waals surface area contributed by atoms with E-state index >= 15 is 0 Å². The SMILES string of the molecule is O=C(CC(c1ccncc1)S(=O)(=O)[O-])c1ccc(Cl)cc1.[Na+]. The molecule has 0 aliphatic heterocycles. The number of hydrogen-bond donors (Lipinski definition) is 0. The first-order valence-electron chi connectivity index (χ1n) is 6.01. The van der Waals surface area contributed by atoms with Gasteiger partial charge in [0.05, 0.1) is 5.25 Å². The van der Waals surface area contributed by atoms with Crippen LogP contribution < -0.4 is 29.6 Å². The standard InChI is InChI=1S/C14H12ClNO4S.Na/c15-12-3-1-10(2-4-12)13(17)9-14(21(18,19)20)11-5-7-16-8-6-11;/h1-8,14H,9H2,(H,18,19,20);/q;+1/p-1. The molecule has 5 nitrogen and oxygen atoms in total. The van der Waals surface area contributed by atoms with Gasteiger partial charge in [-0.3, -0.25) is 9.78 Å². The van der Waals surface area contributed by atoms with Crippen LogP contribution in [-0.2, 0) is 10.1 Å². The molecule has 0 N–H and O–H groups in total. The smallest absolute Gasteiger partial charge is 0.747 e. The fourth-order valence-corrected chi connectivity index (χ4v) is 2.86. The van der Waals surface area contributed by atoms with Crippen LogP contribution in [0.3, 0.4) is 0 Å². The topological polar surface area (TPSA) is 87.2 Å². The minimum absolute atomic E-state index is 0. The molecule has 0 aliphatic carbocycles. The summed E-state index contributed by atoms with van der Waals surface area (Å²) >= 11 is 5.73. The van der Waals surface area contributed by atoms with Gasteiger partial charge in [-0.1, -0.05) is 11.6 Å². The van der Waals surface area contributed by atoms with Crippen LogP contribution in [0.25, 0.3) is 0 Å². The normalized spacial score (nSPS) is 12.3. The Labute approximate surface area is 155 Å². The van der Waals surface area contributed by atoms with Crippen LogP contribution in [0, 0.1) is 0 Å². The Morgan fingerprint density at radius 3 is 2.18 bits per heavy atom. The van der Waals surface area contributed by atoms with Crippen molar-refractivity contribution in [1.29, 1.82) is 0 Å². The zero-order valence-electron chi connectivity index (χ0n) is 11.8. The summed E-state index contributed by atoms with van der Waals surface area (Å²) in [5, 5.41) is -0.961. The summed E-state index contributed by atoms with van der Waals surface area (Å²) in [5.74, 6) is -0.437. The second-order valence-corrected chi connectivity index (χ2v) is 6.39. The summed E-state index contributed by atoms with van der Waals surface area (Å²) in [7, 11) is -4.65. The Balaban J connectivity index is 0.00000242. The molecule has 0 saturated carbocycles. The van der Waals surface area contributed by atoms with Crippen molar-refractivity contribution in [2.45, 2.75) is 11.7 Å². The minimum atomic E-state index is -4.65. The predicted molar refractivity (Wildman–Crippen MR) is 77.1 cm³/mol. The number of carbonyl (C=O) groups excluding carboxylic acids is 1. The summed E-state index contributed by atoms with van der Waals surface area (Å²) in [4.78, 5) is 15.9. The molecule has 1 unspecified atom stereocenters. The fourth-order valence-electron chi connectivity index (χ4n) is 1.89. The summed E-state index contributed by atoms with van der Waals surface area (Å²) in [6.07, 6.45) is 2.33. The Hall–Kier alpha value is -0.760. The fraction of sp³-hybridized carbons (Fsp3) is 0.143. The third-order valence-electron chi connectivity index (χ3n) is 2.96. The van der Waals surface area contributed by atoms with E-state index in [1.807, 2.05) is 0 Å². The molecule has 1 aromatic carbocycles. The zero-order chi connectivity index (χ0) is 15.5. The molecule has 0 fully saturated rings. The molecule has 0 aliphatic rings. The van der Waals surface area contributed by atoms with Gasteiger partial charge in [-0.15, -0.1) is 0 Å². The van der Waals surface area contributed by atoms with Crippen LogP contribution in [0.15, 0.2) is 48.8 Å². The quantitative estimate of drug-likeness (QED) is 0.417. The maximum atomic E-state index is 12.1. The predicted octanol–water partition coefficient (Wildman–Crippen LogP) is -0.402. The Bertz CT molecular complexity index is 735. The number of rotatable bonds is 5. The van der Waals surface area contributed by atoms with Gasteiger partial charge in [0, 0.05) is 29.4 Å². The molecule has 0 bridgehead atoms. The molecule has 0 radical (unpaired) electrons. The van der Waals surface area contributed by atoms with E-state index in [-0.39, 0.29) is 35.1 Å². The van der Waals surface area contributed by atoms with Crippen molar-refractivity contribution in [3.63, 3.8) is 0 Å². The van der Waals surface area contributed by atoms with Crippen LogP contribution in [0.4, 0.5) is 0 Å². The van der Waals surface area contributed by atoms with Crippen LogP contribution in [0.5, 0.6) is 0 Å². The molecule has 0 spiro atoms. The van der Waals surface area contributed by atoms with Crippen molar-refractivity contribution in [2.24, 2.45) is 0 Å².